The van der Waals surface area contributed by atoms with Crippen LogP contribution in [-0.4, -0.2) is 53.8 Å². The van der Waals surface area contributed by atoms with Gasteiger partial charge in [-0.3, -0.25) is 0 Å². The summed E-state index contributed by atoms with van der Waals surface area (Å²) >= 11 is 1.81. The van der Waals surface area contributed by atoms with E-state index in [-0.39, 0.29) is 30.1 Å². The van der Waals surface area contributed by atoms with Crippen LogP contribution in [0.25, 0.3) is 20.4 Å². The number of benzene rings is 2. The first kappa shape index (κ1) is 28.6. The minimum absolute atomic E-state index is 0. The molecule has 0 saturated carbocycles. The zero-order valence-electron chi connectivity index (χ0n) is 22.6. The molecule has 2 aromatic carbocycles. The van der Waals surface area contributed by atoms with Gasteiger partial charge in [-0.2, -0.15) is 0 Å². The topological polar surface area (TPSA) is 57.7 Å². The Balaban J connectivity index is 0.00000361. The van der Waals surface area contributed by atoms with Gasteiger partial charge in [0.1, 0.15) is 16.6 Å². The molecule has 3 aromatic rings. The molecule has 0 radical (unpaired) electrons. The molecule has 1 atom stereocenters. The molecule has 1 amide bonds. The highest BCUT2D eigenvalue weighted by Gasteiger charge is 2.27. The molecule has 1 aliphatic heterocycles. The molecule has 0 spiro atoms. The van der Waals surface area contributed by atoms with Crippen molar-refractivity contribution >= 4 is 49.2 Å². The minimum atomic E-state index is -0.470. The molecule has 0 bridgehead atoms. The number of aromatic nitrogens is 1. The zero-order valence-corrected chi connectivity index (χ0v) is 25.5. The van der Waals surface area contributed by atoms with Gasteiger partial charge in [-0.1, -0.05) is 13.3 Å². The van der Waals surface area contributed by atoms with E-state index in [4.69, 9.17) is 9.72 Å². The summed E-state index contributed by atoms with van der Waals surface area (Å²) in [6, 6.07) is 9.40. The van der Waals surface area contributed by atoms with E-state index < -0.39 is 5.60 Å². The van der Waals surface area contributed by atoms with E-state index in [0.29, 0.717) is 19.1 Å². The fraction of sp³-hybridized carbons (Fsp3) is 0.536. The fourth-order valence-corrected chi connectivity index (χ4v) is 5.89. The predicted molar refractivity (Wildman–Crippen MR) is 149 cm³/mol. The SMILES string of the molecule is CCCC(C)Nc1cc(C)c2nc3c(C)cc(N4CCN(C(=O)OC(C)(C)C)CC4)cc3[s+]c2c1.[I-]. The van der Waals surface area contributed by atoms with Gasteiger partial charge in [-0.05, 0) is 71.2 Å². The molecule has 4 rings (SSSR count). The lowest BCUT2D eigenvalue weighted by molar-refractivity contribution is -0.0000506. The number of nitrogens with zero attached hydrogens (tertiary/aromatic N) is 3. The number of aryl methyl sites for hydroxylation is 2. The van der Waals surface area contributed by atoms with Gasteiger partial charge in [0.15, 0.2) is 0 Å². The molecule has 1 fully saturated rings. The smallest absolute Gasteiger partial charge is 0.410 e. The highest BCUT2D eigenvalue weighted by molar-refractivity contribution is 7.24. The Labute approximate surface area is 236 Å². The van der Waals surface area contributed by atoms with E-state index in [1.807, 2.05) is 37.0 Å². The second-order valence-corrected chi connectivity index (χ2v) is 11.8. The lowest BCUT2D eigenvalue weighted by Gasteiger charge is -2.36. The summed E-state index contributed by atoms with van der Waals surface area (Å²) in [7, 11) is 0. The summed E-state index contributed by atoms with van der Waals surface area (Å²) in [5.41, 5.74) is 6.43. The third-order valence-electron chi connectivity index (χ3n) is 6.39. The van der Waals surface area contributed by atoms with Crippen LogP contribution in [0, 0.1) is 13.8 Å². The van der Waals surface area contributed by atoms with E-state index >= 15 is 0 Å². The maximum Gasteiger partial charge on any atom is 0.410 e. The third kappa shape index (κ3) is 6.68. The largest absolute Gasteiger partial charge is 1.00 e. The molecule has 6 nitrogen and oxygen atoms in total. The van der Waals surface area contributed by atoms with Crippen LogP contribution < -0.4 is 34.2 Å². The Kier molecular flexibility index (Phi) is 9.25. The highest BCUT2D eigenvalue weighted by Crippen LogP contribution is 2.34. The number of carbonyl (C=O) groups is 1. The quantitative estimate of drug-likeness (QED) is 0.265. The van der Waals surface area contributed by atoms with E-state index in [1.54, 1.807) is 0 Å². The Hall–Kier alpha value is -1.94. The number of hydrogen-bond acceptors (Lipinski definition) is 5. The van der Waals surface area contributed by atoms with Gasteiger partial charge in [0.25, 0.3) is 9.40 Å². The van der Waals surface area contributed by atoms with E-state index in [2.05, 4.69) is 62.2 Å². The van der Waals surface area contributed by atoms with Crippen molar-refractivity contribution in [2.24, 2.45) is 0 Å². The van der Waals surface area contributed by atoms with Gasteiger partial charge in [-0.15, -0.1) is 0 Å². The summed E-state index contributed by atoms with van der Waals surface area (Å²) in [6.07, 6.45) is 2.10. The Bertz CT molecular complexity index is 1240. The third-order valence-corrected chi connectivity index (χ3v) is 7.45. The van der Waals surface area contributed by atoms with Gasteiger partial charge in [0.05, 0.1) is 0 Å². The first-order chi connectivity index (χ1) is 16.5. The standard InChI is InChI=1S/C28H39N4O2S.HI/c1-8-9-20(4)29-21-14-18(2)25-23(16-21)35-24-17-22(15-19(3)26(24)30-25)31-10-12-32(13-11-31)27(33)34-28(5,6)7;/h14-17,20,29H,8-13H2,1-7H3;1H/q+1;/p-1. The number of halogens is 1. The molecule has 1 aliphatic rings. The maximum atomic E-state index is 12.4. The van der Waals surface area contributed by atoms with Gasteiger partial charge < -0.3 is 43.8 Å². The number of rotatable bonds is 5. The van der Waals surface area contributed by atoms with E-state index in [1.165, 1.54) is 38.3 Å². The van der Waals surface area contributed by atoms with Crippen molar-refractivity contribution < 1.29 is 33.5 Å². The number of piperazine rings is 1. The summed E-state index contributed by atoms with van der Waals surface area (Å²) in [5, 5.41) is 3.65. The molecule has 0 aliphatic carbocycles. The van der Waals surface area contributed by atoms with Crippen molar-refractivity contribution in [3.05, 3.63) is 35.4 Å². The molecule has 36 heavy (non-hydrogen) atoms. The maximum absolute atomic E-state index is 12.4. The fourth-order valence-electron chi connectivity index (χ4n) is 4.68. The molecular formula is C28H39IN4O2S. The number of amides is 1. The van der Waals surface area contributed by atoms with Crippen LogP contribution in [-0.2, 0) is 4.74 Å². The van der Waals surface area contributed by atoms with Crippen LogP contribution in [0.1, 0.15) is 58.6 Å². The van der Waals surface area contributed by atoms with Crippen molar-refractivity contribution in [2.45, 2.75) is 73.0 Å². The Morgan fingerprint density at radius 1 is 1.06 bits per heavy atom. The van der Waals surface area contributed by atoms with Crippen molar-refractivity contribution in [1.29, 1.82) is 0 Å². The molecule has 1 N–H and O–H groups in total. The van der Waals surface area contributed by atoms with Crippen molar-refractivity contribution in [3.63, 3.8) is 0 Å². The summed E-state index contributed by atoms with van der Waals surface area (Å²) in [5.74, 6) is 0. The molecule has 1 aromatic heterocycles. The number of hydrogen-bond donors (Lipinski definition) is 1. The van der Waals surface area contributed by atoms with Crippen molar-refractivity contribution in [3.8, 4) is 0 Å². The molecule has 1 unspecified atom stereocenters. The highest BCUT2D eigenvalue weighted by atomic mass is 127. The Morgan fingerprint density at radius 3 is 2.28 bits per heavy atom. The summed E-state index contributed by atoms with van der Waals surface area (Å²) in [6.45, 7) is 17.4. The summed E-state index contributed by atoms with van der Waals surface area (Å²) < 4.78 is 7.95. The van der Waals surface area contributed by atoms with E-state index in [9.17, 15) is 4.79 Å². The van der Waals surface area contributed by atoms with Gasteiger partial charge >= 0.3 is 6.09 Å². The lowest BCUT2D eigenvalue weighted by atomic mass is 10.1. The zero-order chi connectivity index (χ0) is 25.3. The molecular weight excluding hydrogens is 583 g/mol. The average Bonchev–Trinajstić information content (AvgIpc) is 2.77. The van der Waals surface area contributed by atoms with Crippen molar-refractivity contribution in [1.82, 2.24) is 9.88 Å². The number of nitrogens with one attached hydrogen (secondary N) is 1. The number of carbonyl (C=O) groups excluding carboxylic acids is 1. The second-order valence-electron chi connectivity index (χ2n) is 10.8. The summed E-state index contributed by atoms with van der Waals surface area (Å²) in [4.78, 5) is 21.7. The van der Waals surface area contributed by atoms with Crippen LogP contribution in [0.2, 0.25) is 0 Å². The number of ether oxygens (including phenoxy) is 1. The van der Waals surface area contributed by atoms with E-state index in [0.717, 1.165) is 30.5 Å². The van der Waals surface area contributed by atoms with Crippen LogP contribution in [0.15, 0.2) is 24.3 Å². The van der Waals surface area contributed by atoms with Gasteiger partial charge in [0.2, 0.25) is 11.3 Å². The Morgan fingerprint density at radius 2 is 1.67 bits per heavy atom. The normalized spacial score (nSPS) is 15.1. The molecule has 196 valence electrons. The van der Waals surface area contributed by atoms with Crippen LogP contribution >= 0.6 is 11.3 Å². The van der Waals surface area contributed by atoms with Crippen LogP contribution in [0.5, 0.6) is 0 Å². The predicted octanol–water partition coefficient (Wildman–Crippen LogP) is 4.01. The first-order valence-electron chi connectivity index (χ1n) is 12.7. The van der Waals surface area contributed by atoms with Gasteiger partial charge in [-0.25, -0.2) is 9.78 Å². The monoisotopic (exact) mass is 622 g/mol. The van der Waals surface area contributed by atoms with Crippen LogP contribution in [0.4, 0.5) is 16.2 Å². The lowest BCUT2D eigenvalue weighted by Crippen LogP contribution is -3.00. The second kappa shape index (κ2) is 11.6. The molecule has 1 saturated heterocycles. The van der Waals surface area contributed by atoms with Gasteiger partial charge in [0, 0.05) is 55.7 Å². The van der Waals surface area contributed by atoms with Crippen LogP contribution in [0.3, 0.4) is 0 Å². The number of anilines is 2. The first-order valence-corrected chi connectivity index (χ1v) is 13.5. The molecule has 2 heterocycles. The average molecular weight is 623 g/mol. The minimum Gasteiger partial charge on any atom is -1.00 e. The number of fused-ring (bicyclic) bond motifs is 2. The molecule has 8 heteroatoms. The van der Waals surface area contributed by atoms with Crippen molar-refractivity contribution in [2.75, 3.05) is 36.4 Å².